The first-order valence-electron chi connectivity index (χ1n) is 32.2. The molecule has 1 fully saturated rings. The van der Waals surface area contributed by atoms with Crippen LogP contribution in [-0.4, -0.2) is 57.8 Å². The Labute approximate surface area is 505 Å². The highest BCUT2D eigenvalue weighted by atomic mass is 32.2. The van der Waals surface area contributed by atoms with Crippen LogP contribution >= 0.6 is 19.6 Å². The number of hydrogen-bond acceptors (Lipinski definition) is 8. The summed E-state index contributed by atoms with van der Waals surface area (Å²) in [7, 11) is -3.87. The molecular weight excluding hydrogens is 1070 g/mol. The third kappa shape index (κ3) is 29.4. The van der Waals surface area contributed by atoms with Crippen molar-refractivity contribution in [3.8, 4) is 0 Å². The molecule has 0 spiro atoms. The topological polar surface area (TPSA) is 113 Å². The van der Waals surface area contributed by atoms with E-state index in [0.717, 1.165) is 79.2 Å². The molecule has 0 bridgehead atoms. The number of unbranched alkanes of at least 4 members (excludes halogenated alkanes) is 21. The van der Waals surface area contributed by atoms with E-state index in [1.807, 2.05) is 30.3 Å². The Hall–Kier alpha value is -3.90. The Bertz CT molecular complexity index is 2300. The van der Waals surface area contributed by atoms with Gasteiger partial charge in [0.25, 0.3) is 0 Å². The molecule has 456 valence electrons. The number of hydrogen-bond donors (Lipinski definition) is 2. The zero-order chi connectivity index (χ0) is 58.1. The van der Waals surface area contributed by atoms with Crippen LogP contribution in [0.3, 0.4) is 0 Å². The predicted octanol–water partition coefficient (Wildman–Crippen LogP) is 19.2. The molecule has 0 radical (unpaired) electrons. The number of allylic oxidation sites excluding steroid dienone is 2. The van der Waals surface area contributed by atoms with E-state index in [1.54, 1.807) is 12.0 Å². The van der Waals surface area contributed by atoms with Crippen LogP contribution in [-0.2, 0) is 65.5 Å². The van der Waals surface area contributed by atoms with Gasteiger partial charge in [-0.15, -0.1) is 0 Å². The second-order valence-corrected chi connectivity index (χ2v) is 25.9. The Morgan fingerprint density at radius 3 is 0.940 bits per heavy atom. The van der Waals surface area contributed by atoms with Gasteiger partial charge in [0.05, 0.1) is 33.0 Å². The van der Waals surface area contributed by atoms with Gasteiger partial charge in [-0.2, -0.15) is 0 Å². The van der Waals surface area contributed by atoms with E-state index in [1.165, 1.54) is 109 Å². The fourth-order valence-electron chi connectivity index (χ4n) is 11.1. The smallest absolute Gasteiger partial charge is 0.325 e. The normalized spacial score (nSPS) is 18.7. The van der Waals surface area contributed by atoms with Crippen molar-refractivity contribution in [3.05, 3.63) is 192 Å². The van der Waals surface area contributed by atoms with Gasteiger partial charge >= 0.3 is 7.60 Å². The Morgan fingerprint density at radius 1 is 0.373 bits per heavy atom. The standard InChI is InChI=1S/C72H103O9PS/c1-2-3-4-5-6-7-8-13-16-19-22-40-53-66(54-41-23-20-17-14-11-9-10-12-15-18-21-24-42-55-82(73,74)75)83-81-72-70(79-59-64-49-36-28-37-50-64)68(77-57-62-45-32-26-33-46-62)67(76-56-61-43-30-25-31-44-61)69(78-58-63-47-34-27-35-48-63)71(72)80-60-65-51-38-29-39-52-65/h9,11,25-39,43-52,66-72H,2-8,10,12-24,40-42,53-60H2,1H3,(H2,73,74,75)/b11-9-/t66?,67-,68-,69+,70-,71-,72-/m0/s1. The fraction of sp³-hybridized carbons (Fsp3) is 0.556. The van der Waals surface area contributed by atoms with Crippen LogP contribution in [0.5, 0.6) is 0 Å². The van der Waals surface area contributed by atoms with Gasteiger partial charge in [0.1, 0.15) is 36.6 Å². The molecule has 83 heavy (non-hydrogen) atoms. The molecule has 0 saturated heterocycles. The van der Waals surface area contributed by atoms with Crippen molar-refractivity contribution in [1.29, 1.82) is 0 Å². The molecule has 5 aromatic rings. The Kier molecular flexibility index (Phi) is 35.2. The summed E-state index contributed by atoms with van der Waals surface area (Å²) in [6, 6.07) is 51.8. The highest BCUT2D eigenvalue weighted by Gasteiger charge is 2.55. The summed E-state index contributed by atoms with van der Waals surface area (Å²) in [6.07, 6.45) is 32.1. The number of ether oxygens (including phenoxy) is 5. The van der Waals surface area contributed by atoms with Gasteiger partial charge in [-0.1, -0.05) is 293 Å². The largest absolute Gasteiger partial charge is 0.368 e. The molecule has 0 aromatic heterocycles. The van der Waals surface area contributed by atoms with Crippen LogP contribution < -0.4 is 0 Å². The minimum atomic E-state index is -3.87. The average molecular weight is 1180 g/mol. The van der Waals surface area contributed by atoms with Crippen molar-refractivity contribution < 1.29 is 42.2 Å². The van der Waals surface area contributed by atoms with E-state index < -0.39 is 44.2 Å². The molecule has 0 heterocycles. The monoisotopic (exact) mass is 1170 g/mol. The van der Waals surface area contributed by atoms with Gasteiger partial charge in [0, 0.05) is 11.4 Å². The minimum absolute atomic E-state index is 0.00858. The molecule has 1 unspecified atom stereocenters. The van der Waals surface area contributed by atoms with Crippen LogP contribution in [0.25, 0.3) is 0 Å². The highest BCUT2D eigenvalue weighted by molar-refractivity contribution is 7.95. The lowest BCUT2D eigenvalue weighted by Gasteiger charge is -2.49. The first-order valence-corrected chi connectivity index (χ1v) is 34.8. The van der Waals surface area contributed by atoms with Crippen molar-refractivity contribution in [3.63, 3.8) is 0 Å². The molecule has 5 aromatic carbocycles. The maximum Gasteiger partial charge on any atom is 0.325 e. The predicted molar refractivity (Wildman–Crippen MR) is 343 cm³/mol. The molecular formula is C72H103O9PS. The quantitative estimate of drug-likeness (QED) is 0.0169. The molecule has 1 aliphatic carbocycles. The van der Waals surface area contributed by atoms with Gasteiger partial charge in [-0.05, 0) is 84.8 Å². The summed E-state index contributed by atoms with van der Waals surface area (Å²) in [5.74, 6) is 0. The maximum absolute atomic E-state index is 11.1. The number of rotatable bonds is 47. The molecule has 6 rings (SSSR count). The van der Waals surface area contributed by atoms with E-state index in [4.69, 9.17) is 37.7 Å². The summed E-state index contributed by atoms with van der Waals surface area (Å²) in [5, 5.41) is 0.285. The SMILES string of the molecule is CCCCCCCCCCCCCCC(CCCCCC/C=C\CCCCCCCCP(=O)(O)O)SO[C@@H]1[C@@H](OCc2ccccc2)[C@H](OCc2ccccc2)[C@@H](OCc2ccccc2)[C@H](OCc2ccccc2)[C@@H]1OCc1ccccc1. The van der Waals surface area contributed by atoms with Crippen molar-refractivity contribution >= 4 is 19.6 Å². The lowest BCUT2D eigenvalue weighted by molar-refractivity contribution is -0.277. The third-order valence-electron chi connectivity index (χ3n) is 15.9. The molecule has 11 heteroatoms. The average Bonchev–Trinajstić information content (AvgIpc) is 3.55. The van der Waals surface area contributed by atoms with Gasteiger partial charge < -0.3 is 37.7 Å². The van der Waals surface area contributed by atoms with E-state index in [0.29, 0.717) is 39.5 Å². The van der Waals surface area contributed by atoms with Crippen molar-refractivity contribution in [1.82, 2.24) is 0 Å². The first kappa shape index (κ1) is 68.2. The maximum atomic E-state index is 11.1. The zero-order valence-electron chi connectivity index (χ0n) is 50.4. The Balaban J connectivity index is 1.21. The van der Waals surface area contributed by atoms with Crippen molar-refractivity contribution in [2.24, 2.45) is 0 Å². The number of benzene rings is 5. The Morgan fingerprint density at radius 2 is 0.639 bits per heavy atom. The minimum Gasteiger partial charge on any atom is -0.368 e. The van der Waals surface area contributed by atoms with Crippen LogP contribution in [0.4, 0.5) is 0 Å². The molecule has 0 aliphatic heterocycles. The lowest BCUT2D eigenvalue weighted by Crippen LogP contribution is -2.67. The summed E-state index contributed by atoms with van der Waals surface area (Å²) in [6.45, 7) is 4.07. The highest BCUT2D eigenvalue weighted by Crippen LogP contribution is 2.40. The van der Waals surface area contributed by atoms with Gasteiger partial charge in [0.2, 0.25) is 0 Å². The summed E-state index contributed by atoms with van der Waals surface area (Å²) < 4.78 is 54.7. The van der Waals surface area contributed by atoms with Gasteiger partial charge in [0.15, 0.2) is 0 Å². The summed E-state index contributed by atoms with van der Waals surface area (Å²) >= 11 is 1.64. The zero-order valence-corrected chi connectivity index (χ0v) is 52.1. The van der Waals surface area contributed by atoms with E-state index in [9.17, 15) is 4.57 Å². The van der Waals surface area contributed by atoms with Crippen molar-refractivity contribution in [2.45, 2.75) is 249 Å². The van der Waals surface area contributed by atoms with E-state index in [2.05, 4.69) is 140 Å². The van der Waals surface area contributed by atoms with Crippen LogP contribution in [0.15, 0.2) is 164 Å². The van der Waals surface area contributed by atoms with Gasteiger partial charge in [-0.25, -0.2) is 0 Å². The molecule has 2 N–H and O–H groups in total. The molecule has 1 aliphatic rings. The lowest BCUT2D eigenvalue weighted by atomic mass is 9.83. The molecule has 7 atom stereocenters. The molecule has 9 nitrogen and oxygen atoms in total. The second-order valence-electron chi connectivity index (χ2n) is 23.0. The van der Waals surface area contributed by atoms with Crippen molar-refractivity contribution in [2.75, 3.05) is 6.16 Å². The second kappa shape index (κ2) is 42.8. The fourth-order valence-corrected chi connectivity index (χ4v) is 12.8. The van der Waals surface area contributed by atoms with Gasteiger partial charge in [-0.3, -0.25) is 4.57 Å². The van der Waals surface area contributed by atoms with Crippen LogP contribution in [0.2, 0.25) is 0 Å². The third-order valence-corrected chi connectivity index (χ3v) is 17.9. The van der Waals surface area contributed by atoms with E-state index in [-0.39, 0.29) is 11.4 Å². The summed E-state index contributed by atoms with van der Waals surface area (Å²) in [5.41, 5.74) is 5.31. The van der Waals surface area contributed by atoms with E-state index >= 15 is 0 Å². The van der Waals surface area contributed by atoms with Crippen LogP contribution in [0.1, 0.15) is 202 Å². The molecule has 0 amide bonds. The summed E-state index contributed by atoms with van der Waals surface area (Å²) in [4.78, 5) is 18.2. The first-order chi connectivity index (χ1) is 40.9. The van der Waals surface area contributed by atoms with Crippen LogP contribution in [0, 0.1) is 0 Å². The molecule has 1 saturated carbocycles.